The van der Waals surface area contributed by atoms with Crippen molar-refractivity contribution in [2.24, 2.45) is 11.7 Å². The van der Waals surface area contributed by atoms with E-state index in [-0.39, 0.29) is 11.9 Å². The van der Waals surface area contributed by atoms with Crippen LogP contribution in [0.3, 0.4) is 0 Å². The molecule has 2 rings (SSSR count). The van der Waals surface area contributed by atoms with Crippen molar-refractivity contribution < 1.29 is 9.13 Å². The van der Waals surface area contributed by atoms with Gasteiger partial charge in [-0.3, -0.25) is 0 Å². The van der Waals surface area contributed by atoms with Gasteiger partial charge in [-0.25, -0.2) is 4.39 Å². The molecule has 1 aromatic carbocycles. The summed E-state index contributed by atoms with van der Waals surface area (Å²) in [5.41, 5.74) is 6.41. The van der Waals surface area contributed by atoms with Crippen LogP contribution >= 0.6 is 11.6 Å². The molecular formula is C13H18ClFN2O. The van der Waals surface area contributed by atoms with Gasteiger partial charge in [-0.1, -0.05) is 11.6 Å². The fourth-order valence-electron chi connectivity index (χ4n) is 2.30. The Morgan fingerprint density at radius 3 is 2.83 bits per heavy atom. The smallest absolute Gasteiger partial charge is 0.125 e. The zero-order valence-electron chi connectivity index (χ0n) is 10.2. The molecule has 0 aromatic heterocycles. The van der Waals surface area contributed by atoms with E-state index in [0.717, 1.165) is 26.1 Å². The van der Waals surface area contributed by atoms with Crippen LogP contribution in [-0.4, -0.2) is 25.8 Å². The molecule has 0 saturated carbocycles. The zero-order chi connectivity index (χ0) is 13.0. The van der Waals surface area contributed by atoms with E-state index in [2.05, 4.69) is 5.32 Å². The quantitative estimate of drug-likeness (QED) is 0.886. The molecule has 0 spiro atoms. The average Bonchev–Trinajstić information content (AvgIpc) is 2.41. The molecule has 1 aliphatic heterocycles. The molecule has 18 heavy (non-hydrogen) atoms. The summed E-state index contributed by atoms with van der Waals surface area (Å²) in [6.07, 6.45) is 1.95. The minimum absolute atomic E-state index is 0.105. The van der Waals surface area contributed by atoms with Crippen molar-refractivity contribution in [1.82, 2.24) is 0 Å². The summed E-state index contributed by atoms with van der Waals surface area (Å²) in [5.74, 6) is 0.146. The Morgan fingerprint density at radius 2 is 2.17 bits per heavy atom. The molecule has 0 radical (unpaired) electrons. The first-order chi connectivity index (χ1) is 8.70. The molecule has 1 fully saturated rings. The summed E-state index contributed by atoms with van der Waals surface area (Å²) in [4.78, 5) is 0. The molecule has 1 saturated heterocycles. The highest BCUT2D eigenvalue weighted by atomic mass is 35.5. The van der Waals surface area contributed by atoms with E-state index in [1.165, 1.54) is 12.1 Å². The van der Waals surface area contributed by atoms with Gasteiger partial charge in [-0.15, -0.1) is 0 Å². The predicted molar refractivity (Wildman–Crippen MR) is 71.4 cm³/mol. The molecule has 1 heterocycles. The third-order valence-electron chi connectivity index (χ3n) is 3.36. The molecule has 0 amide bonds. The second kappa shape index (κ2) is 6.36. The summed E-state index contributed by atoms with van der Waals surface area (Å²) in [7, 11) is 0. The van der Waals surface area contributed by atoms with Crippen molar-refractivity contribution in [1.29, 1.82) is 0 Å². The monoisotopic (exact) mass is 272 g/mol. The van der Waals surface area contributed by atoms with Crippen LogP contribution in [0.4, 0.5) is 10.1 Å². The Bertz CT molecular complexity index is 397. The molecule has 0 bridgehead atoms. The van der Waals surface area contributed by atoms with Gasteiger partial charge in [-0.2, -0.15) is 0 Å². The van der Waals surface area contributed by atoms with E-state index >= 15 is 0 Å². The van der Waals surface area contributed by atoms with Gasteiger partial charge in [0.15, 0.2) is 0 Å². The van der Waals surface area contributed by atoms with Crippen LogP contribution in [0.1, 0.15) is 12.8 Å². The van der Waals surface area contributed by atoms with Crippen molar-refractivity contribution in [3.05, 3.63) is 29.0 Å². The Morgan fingerprint density at radius 1 is 1.44 bits per heavy atom. The van der Waals surface area contributed by atoms with E-state index < -0.39 is 0 Å². The number of hydrogen-bond acceptors (Lipinski definition) is 3. The van der Waals surface area contributed by atoms with Crippen molar-refractivity contribution in [2.45, 2.75) is 18.9 Å². The van der Waals surface area contributed by atoms with Gasteiger partial charge < -0.3 is 15.8 Å². The SMILES string of the molecule is NCC(Nc1cc(F)ccc1Cl)C1CCOCC1. The lowest BCUT2D eigenvalue weighted by Gasteiger charge is -2.31. The summed E-state index contributed by atoms with van der Waals surface area (Å²) in [6.45, 7) is 2.02. The fraction of sp³-hybridized carbons (Fsp3) is 0.538. The number of hydrogen-bond donors (Lipinski definition) is 2. The average molecular weight is 273 g/mol. The van der Waals surface area contributed by atoms with Gasteiger partial charge in [-0.05, 0) is 37.0 Å². The molecule has 5 heteroatoms. The van der Waals surface area contributed by atoms with Crippen LogP contribution in [0.15, 0.2) is 18.2 Å². The lowest BCUT2D eigenvalue weighted by atomic mass is 9.91. The van der Waals surface area contributed by atoms with Crippen LogP contribution in [0.5, 0.6) is 0 Å². The summed E-state index contributed by atoms with van der Waals surface area (Å²) >= 11 is 6.04. The van der Waals surface area contributed by atoms with Crippen LogP contribution in [-0.2, 0) is 4.74 Å². The first-order valence-electron chi connectivity index (χ1n) is 6.20. The van der Waals surface area contributed by atoms with Gasteiger partial charge in [0, 0.05) is 25.8 Å². The maximum Gasteiger partial charge on any atom is 0.125 e. The van der Waals surface area contributed by atoms with Crippen molar-refractivity contribution in [3.63, 3.8) is 0 Å². The largest absolute Gasteiger partial charge is 0.381 e. The summed E-state index contributed by atoms with van der Waals surface area (Å²) < 4.78 is 18.5. The van der Waals surface area contributed by atoms with Crippen LogP contribution in [0, 0.1) is 11.7 Å². The van der Waals surface area contributed by atoms with E-state index in [9.17, 15) is 4.39 Å². The first-order valence-corrected chi connectivity index (χ1v) is 6.58. The van der Waals surface area contributed by atoms with E-state index in [4.69, 9.17) is 22.1 Å². The summed E-state index contributed by atoms with van der Waals surface area (Å²) in [5, 5.41) is 3.77. The van der Waals surface area contributed by atoms with Gasteiger partial charge in [0.25, 0.3) is 0 Å². The van der Waals surface area contributed by atoms with Gasteiger partial charge in [0.1, 0.15) is 5.82 Å². The number of benzene rings is 1. The minimum Gasteiger partial charge on any atom is -0.381 e. The fourth-order valence-corrected chi connectivity index (χ4v) is 2.47. The van der Waals surface area contributed by atoms with Crippen LogP contribution < -0.4 is 11.1 Å². The number of ether oxygens (including phenoxy) is 1. The van der Waals surface area contributed by atoms with Crippen LogP contribution in [0.2, 0.25) is 5.02 Å². The predicted octanol–water partition coefficient (Wildman–Crippen LogP) is 2.64. The highest BCUT2D eigenvalue weighted by molar-refractivity contribution is 6.33. The second-order valence-electron chi connectivity index (χ2n) is 4.56. The number of rotatable bonds is 4. The molecule has 100 valence electrons. The molecule has 1 aromatic rings. The highest BCUT2D eigenvalue weighted by Crippen LogP contribution is 2.26. The number of nitrogens with one attached hydrogen (secondary N) is 1. The molecular weight excluding hydrogens is 255 g/mol. The normalized spacial score (nSPS) is 18.6. The first kappa shape index (κ1) is 13.6. The Labute approximate surface area is 111 Å². The Balaban J connectivity index is 2.06. The number of anilines is 1. The van der Waals surface area contributed by atoms with E-state index in [1.807, 2.05) is 0 Å². The van der Waals surface area contributed by atoms with E-state index in [0.29, 0.717) is 23.2 Å². The summed E-state index contributed by atoms with van der Waals surface area (Å²) in [6, 6.07) is 4.41. The standard InChI is InChI=1S/C13H18ClFN2O/c14-11-2-1-10(15)7-12(11)17-13(8-16)9-3-5-18-6-4-9/h1-2,7,9,13,17H,3-6,8,16H2. The molecule has 1 atom stereocenters. The zero-order valence-corrected chi connectivity index (χ0v) is 10.9. The highest BCUT2D eigenvalue weighted by Gasteiger charge is 2.23. The number of nitrogens with two attached hydrogens (primary N) is 1. The molecule has 1 unspecified atom stereocenters. The molecule has 1 aliphatic rings. The Hall–Kier alpha value is -0.840. The van der Waals surface area contributed by atoms with Crippen molar-refractivity contribution in [2.75, 3.05) is 25.1 Å². The maximum absolute atomic E-state index is 13.2. The number of halogens is 2. The molecule has 0 aliphatic carbocycles. The van der Waals surface area contributed by atoms with Crippen molar-refractivity contribution in [3.8, 4) is 0 Å². The topological polar surface area (TPSA) is 47.3 Å². The van der Waals surface area contributed by atoms with E-state index in [1.54, 1.807) is 6.07 Å². The third-order valence-corrected chi connectivity index (χ3v) is 3.69. The molecule has 3 N–H and O–H groups in total. The lowest BCUT2D eigenvalue weighted by molar-refractivity contribution is 0.0613. The van der Waals surface area contributed by atoms with Crippen molar-refractivity contribution >= 4 is 17.3 Å². The third kappa shape index (κ3) is 3.34. The minimum atomic E-state index is -0.301. The van der Waals surface area contributed by atoms with Gasteiger partial charge in [0.2, 0.25) is 0 Å². The van der Waals surface area contributed by atoms with Gasteiger partial charge >= 0.3 is 0 Å². The Kier molecular flexibility index (Phi) is 4.80. The molecule has 3 nitrogen and oxygen atoms in total. The lowest BCUT2D eigenvalue weighted by Crippen LogP contribution is -2.39. The van der Waals surface area contributed by atoms with Crippen LogP contribution in [0.25, 0.3) is 0 Å². The maximum atomic E-state index is 13.2. The second-order valence-corrected chi connectivity index (χ2v) is 4.97. The van der Waals surface area contributed by atoms with Gasteiger partial charge in [0.05, 0.1) is 10.7 Å².